The van der Waals surface area contributed by atoms with Crippen LogP contribution in [0.4, 0.5) is 4.79 Å². The number of benzene rings is 1. The molecule has 1 aromatic rings. The van der Waals surface area contributed by atoms with E-state index < -0.39 is 52.8 Å². The number of likely N-dealkylation sites (tertiary alicyclic amines) is 1. The molecule has 14 nitrogen and oxygen atoms in total. The van der Waals surface area contributed by atoms with E-state index in [1.807, 2.05) is 0 Å². The maximum absolute atomic E-state index is 12.8. The van der Waals surface area contributed by atoms with Crippen molar-refractivity contribution in [1.82, 2.24) is 10.2 Å². The molecule has 1 aliphatic heterocycles. The van der Waals surface area contributed by atoms with Gasteiger partial charge in [0.15, 0.2) is 0 Å². The molecule has 4 amide bonds. The van der Waals surface area contributed by atoms with Gasteiger partial charge in [0.1, 0.15) is 23.1 Å². The monoisotopic (exact) mass is 738 g/mol. The summed E-state index contributed by atoms with van der Waals surface area (Å²) < 4.78 is 10.1. The smallest absolute Gasteiger partial charge is 0.410 e. The van der Waals surface area contributed by atoms with E-state index >= 15 is 0 Å². The summed E-state index contributed by atoms with van der Waals surface area (Å²) in [5.74, 6) is -2.84. The summed E-state index contributed by atoms with van der Waals surface area (Å²) in [4.78, 5) is 86.4. The summed E-state index contributed by atoms with van der Waals surface area (Å²) in [7, 11) is 1.54. The summed E-state index contributed by atoms with van der Waals surface area (Å²) in [6.45, 7) is 1.89. The second-order valence-electron chi connectivity index (χ2n) is 10.8. The standard InChI is InChI=1S/C30H43N5O9S.Y/c1-18(36)24(32)14-19-5-7-22(8-6-19)44-30(42)34-11-9-23(31)25(38)15-20(28(33)40)17-45-26-16-27(39)35(29(26)41)12-10-21(37)4-3-13-43-2;/h5-8,20,23-24,26H,3-4,9-17,31-32H2,1-2H3,(H2,33,40)(H,34,42);/t20-,23-,24-,26?;/m0./s1. The van der Waals surface area contributed by atoms with Crippen LogP contribution in [0.2, 0.25) is 0 Å². The zero-order valence-corrected chi connectivity index (χ0v) is 29.9. The quantitative estimate of drug-likeness (QED) is 0.0983. The molecule has 0 aliphatic carbocycles. The number of nitrogens with zero attached hydrogens (tertiary/aromatic N) is 1. The number of hydrogen-bond donors (Lipinski definition) is 4. The summed E-state index contributed by atoms with van der Waals surface area (Å²) in [5.41, 5.74) is 18.0. The van der Waals surface area contributed by atoms with Crippen molar-refractivity contribution < 1.29 is 75.7 Å². The Kier molecular flexibility index (Phi) is 19.2. The van der Waals surface area contributed by atoms with Crippen LogP contribution in [0.15, 0.2) is 24.3 Å². The Morgan fingerprint density at radius 1 is 1.07 bits per heavy atom. The summed E-state index contributed by atoms with van der Waals surface area (Å²) >= 11 is 1.07. The summed E-state index contributed by atoms with van der Waals surface area (Å²) in [6.07, 6.45) is 0.272. The third-order valence-electron chi connectivity index (χ3n) is 7.22. The number of rotatable bonds is 21. The molecule has 1 heterocycles. The fraction of sp³-hybridized carbons (Fsp3) is 0.567. The number of nitrogens with two attached hydrogens (primary N) is 3. The molecule has 0 saturated carbocycles. The van der Waals surface area contributed by atoms with Gasteiger partial charge in [-0.2, -0.15) is 0 Å². The molecule has 1 radical (unpaired) electrons. The first kappa shape index (κ1) is 41.5. The molecular weight excluding hydrogens is 695 g/mol. The number of amides is 4. The van der Waals surface area contributed by atoms with Gasteiger partial charge in [-0.1, -0.05) is 12.1 Å². The molecule has 1 aromatic carbocycles. The van der Waals surface area contributed by atoms with Crippen LogP contribution in [-0.2, 0) is 72.6 Å². The molecule has 1 unspecified atom stereocenters. The summed E-state index contributed by atoms with van der Waals surface area (Å²) in [5, 5.41) is 1.77. The molecule has 4 atom stereocenters. The molecule has 1 saturated heterocycles. The Hall–Kier alpha value is -2.56. The van der Waals surface area contributed by atoms with E-state index in [4.69, 9.17) is 26.7 Å². The van der Waals surface area contributed by atoms with Crippen LogP contribution < -0.4 is 27.3 Å². The molecule has 1 aliphatic rings. The van der Waals surface area contributed by atoms with Gasteiger partial charge in [0.2, 0.25) is 17.7 Å². The van der Waals surface area contributed by atoms with Crippen LogP contribution in [0.25, 0.3) is 0 Å². The fourth-order valence-electron chi connectivity index (χ4n) is 4.39. The van der Waals surface area contributed by atoms with Gasteiger partial charge in [0, 0.05) is 91.0 Å². The van der Waals surface area contributed by atoms with Crippen molar-refractivity contribution in [3.8, 4) is 5.75 Å². The van der Waals surface area contributed by atoms with Crippen molar-refractivity contribution >= 4 is 52.9 Å². The van der Waals surface area contributed by atoms with E-state index in [2.05, 4.69) is 5.32 Å². The molecule has 1 fully saturated rings. The van der Waals surface area contributed by atoms with Gasteiger partial charge in [-0.15, -0.1) is 11.8 Å². The molecule has 16 heteroatoms. The van der Waals surface area contributed by atoms with Gasteiger partial charge in [0.25, 0.3) is 0 Å². The van der Waals surface area contributed by atoms with Crippen molar-refractivity contribution in [2.75, 3.05) is 32.6 Å². The minimum absolute atomic E-state index is 0. The minimum atomic E-state index is -0.992. The number of carbonyl (C=O) groups is 7. The number of ketones is 3. The molecular formula is C30H43N5O9SY. The van der Waals surface area contributed by atoms with E-state index in [0.717, 1.165) is 22.2 Å². The first-order chi connectivity index (χ1) is 21.3. The van der Waals surface area contributed by atoms with Crippen LogP contribution in [0.1, 0.15) is 51.0 Å². The van der Waals surface area contributed by atoms with E-state index in [1.54, 1.807) is 24.3 Å². The second-order valence-corrected chi connectivity index (χ2v) is 12.1. The number of imide groups is 1. The van der Waals surface area contributed by atoms with Crippen LogP contribution in [0, 0.1) is 5.92 Å². The zero-order chi connectivity index (χ0) is 33.5. The largest absolute Gasteiger partial charge is 0.412 e. The number of ether oxygens (including phenoxy) is 2. The molecule has 0 aromatic heterocycles. The molecule has 7 N–H and O–H groups in total. The minimum Gasteiger partial charge on any atom is -0.410 e. The third-order valence-corrected chi connectivity index (χ3v) is 8.58. The number of primary amides is 1. The molecule has 46 heavy (non-hydrogen) atoms. The first-order valence-electron chi connectivity index (χ1n) is 14.7. The average molecular weight is 739 g/mol. The molecule has 0 bridgehead atoms. The van der Waals surface area contributed by atoms with E-state index in [9.17, 15) is 33.6 Å². The predicted molar refractivity (Wildman–Crippen MR) is 166 cm³/mol. The van der Waals surface area contributed by atoms with E-state index in [0.29, 0.717) is 25.9 Å². The van der Waals surface area contributed by atoms with Crippen LogP contribution in [0.5, 0.6) is 5.75 Å². The van der Waals surface area contributed by atoms with Crippen molar-refractivity contribution in [2.45, 2.75) is 69.2 Å². The maximum Gasteiger partial charge on any atom is 0.412 e. The van der Waals surface area contributed by atoms with Crippen molar-refractivity contribution in [3.63, 3.8) is 0 Å². The van der Waals surface area contributed by atoms with Crippen LogP contribution in [-0.4, -0.2) is 96.0 Å². The van der Waals surface area contributed by atoms with Gasteiger partial charge in [-0.05, 0) is 43.9 Å². The van der Waals surface area contributed by atoms with Crippen molar-refractivity contribution in [1.29, 1.82) is 0 Å². The molecule has 251 valence electrons. The number of hydrogen-bond acceptors (Lipinski definition) is 12. The molecule has 0 spiro atoms. The number of methoxy groups -OCH3 is 1. The van der Waals surface area contributed by atoms with Crippen molar-refractivity contribution in [2.24, 2.45) is 23.1 Å². The fourth-order valence-corrected chi connectivity index (χ4v) is 5.66. The Labute approximate surface area is 297 Å². The van der Waals surface area contributed by atoms with Crippen molar-refractivity contribution in [3.05, 3.63) is 29.8 Å². The average Bonchev–Trinajstić information content (AvgIpc) is 3.26. The SMILES string of the molecule is COCCCC(=O)CCN1C(=O)CC(SC[C@H](CC(=O)[C@@H](N)CCNC(=O)Oc2ccc(C[C@H](N)C(C)=O)cc2)C(N)=O)C1=O.[Y]. The van der Waals surface area contributed by atoms with E-state index in [-0.39, 0.29) is 94.6 Å². The van der Waals surface area contributed by atoms with E-state index in [1.165, 1.54) is 14.0 Å². The van der Waals surface area contributed by atoms with Gasteiger partial charge in [0.05, 0.1) is 23.3 Å². The normalized spacial score (nSPS) is 16.3. The maximum atomic E-state index is 12.8. The van der Waals surface area contributed by atoms with Crippen LogP contribution in [0.3, 0.4) is 0 Å². The zero-order valence-electron chi connectivity index (χ0n) is 26.2. The first-order valence-corrected chi connectivity index (χ1v) is 15.7. The topological polar surface area (TPSA) is 231 Å². The van der Waals surface area contributed by atoms with Crippen LogP contribution >= 0.6 is 11.8 Å². The van der Waals surface area contributed by atoms with Gasteiger partial charge < -0.3 is 32.0 Å². The Balaban J connectivity index is 0.0000106. The number of carbonyl (C=O) groups excluding carboxylic acids is 7. The predicted octanol–water partition coefficient (Wildman–Crippen LogP) is 0.256. The number of Topliss-reactive ketones (excluding diaryl/α,β-unsaturated/α-hetero) is 3. The number of nitrogens with one attached hydrogen (secondary N) is 1. The molecule has 2 rings (SSSR count). The van der Waals surface area contributed by atoms with Gasteiger partial charge in [-0.3, -0.25) is 33.7 Å². The van der Waals surface area contributed by atoms with Gasteiger partial charge in [-0.25, -0.2) is 4.79 Å². The Morgan fingerprint density at radius 3 is 2.35 bits per heavy atom. The third kappa shape index (κ3) is 14.5. The summed E-state index contributed by atoms with van der Waals surface area (Å²) in [6, 6.07) is 4.92. The Bertz CT molecular complexity index is 1230. The second kappa shape index (κ2) is 21.3. The number of thioether (sulfide) groups is 1. The Morgan fingerprint density at radius 2 is 1.74 bits per heavy atom. The van der Waals surface area contributed by atoms with Gasteiger partial charge >= 0.3 is 6.09 Å².